The summed E-state index contributed by atoms with van der Waals surface area (Å²) in [6, 6.07) is 7.75. The van der Waals surface area contributed by atoms with Gasteiger partial charge in [-0.15, -0.1) is 0 Å². The van der Waals surface area contributed by atoms with Gasteiger partial charge in [0.05, 0.1) is 13.2 Å². The average Bonchev–Trinajstić information content (AvgIpc) is 2.96. The van der Waals surface area contributed by atoms with Gasteiger partial charge in [-0.3, -0.25) is 4.79 Å². The predicted octanol–water partition coefficient (Wildman–Crippen LogP) is 2.93. The Morgan fingerprint density at radius 1 is 1.27 bits per heavy atom. The second kappa shape index (κ2) is 6.99. The van der Waals surface area contributed by atoms with E-state index in [1.165, 1.54) is 0 Å². The number of rotatable bonds is 4. The molecule has 0 aromatic heterocycles. The Morgan fingerprint density at radius 3 is 2.68 bits per heavy atom. The molecule has 1 saturated heterocycles. The molecule has 3 rings (SSSR count). The molecule has 2 fully saturated rings. The Kier molecular flexibility index (Phi) is 5.01. The number of hydrogen-bond donors (Lipinski definition) is 1. The number of ether oxygens (including phenoxy) is 2. The molecule has 22 heavy (non-hydrogen) atoms. The zero-order valence-electron chi connectivity index (χ0n) is 12.6. The standard InChI is InChI=1S/C17H22ClNO3/c18-15-3-1-2-13(12-15)6-9-19-16(20)14-4-7-17(8-5-14)21-10-11-22-17/h1-3,12,14H,4-11H2,(H,19,20). The summed E-state index contributed by atoms with van der Waals surface area (Å²) in [5, 5.41) is 3.77. The topological polar surface area (TPSA) is 47.6 Å². The van der Waals surface area contributed by atoms with Crippen LogP contribution in [0.5, 0.6) is 0 Å². The predicted molar refractivity (Wildman–Crippen MR) is 84.8 cm³/mol. The van der Waals surface area contributed by atoms with Gasteiger partial charge in [0, 0.05) is 30.3 Å². The van der Waals surface area contributed by atoms with E-state index in [9.17, 15) is 4.79 Å². The highest BCUT2D eigenvalue weighted by Gasteiger charge is 2.41. The normalized spacial score (nSPS) is 21.1. The van der Waals surface area contributed by atoms with Crippen LogP contribution in [-0.2, 0) is 20.7 Å². The highest BCUT2D eigenvalue weighted by atomic mass is 35.5. The molecule has 1 saturated carbocycles. The molecule has 0 atom stereocenters. The quantitative estimate of drug-likeness (QED) is 0.926. The Balaban J connectivity index is 1.41. The zero-order valence-corrected chi connectivity index (χ0v) is 13.4. The average molecular weight is 324 g/mol. The maximum atomic E-state index is 12.2. The summed E-state index contributed by atoms with van der Waals surface area (Å²) in [4.78, 5) is 12.2. The monoisotopic (exact) mass is 323 g/mol. The molecule has 1 aliphatic heterocycles. The van der Waals surface area contributed by atoms with Crippen LogP contribution in [0.4, 0.5) is 0 Å². The molecule has 1 N–H and O–H groups in total. The van der Waals surface area contributed by atoms with Crippen LogP contribution < -0.4 is 5.32 Å². The van der Waals surface area contributed by atoms with Gasteiger partial charge >= 0.3 is 0 Å². The minimum atomic E-state index is -0.391. The maximum absolute atomic E-state index is 12.2. The van der Waals surface area contributed by atoms with Crippen LogP contribution >= 0.6 is 11.6 Å². The van der Waals surface area contributed by atoms with Crippen molar-refractivity contribution in [2.75, 3.05) is 19.8 Å². The minimum Gasteiger partial charge on any atom is -0.356 e. The third-order valence-corrected chi connectivity index (χ3v) is 4.77. The van der Waals surface area contributed by atoms with Crippen molar-refractivity contribution in [3.8, 4) is 0 Å². The molecule has 4 nitrogen and oxygen atoms in total. The van der Waals surface area contributed by atoms with E-state index in [-0.39, 0.29) is 11.8 Å². The molecular weight excluding hydrogens is 302 g/mol. The summed E-state index contributed by atoms with van der Waals surface area (Å²) in [5.41, 5.74) is 1.14. The fourth-order valence-corrected chi connectivity index (χ4v) is 3.49. The van der Waals surface area contributed by atoms with E-state index in [4.69, 9.17) is 21.1 Å². The van der Waals surface area contributed by atoms with Crippen LogP contribution in [0.1, 0.15) is 31.2 Å². The molecule has 0 unspecified atom stereocenters. The first-order valence-electron chi connectivity index (χ1n) is 7.97. The van der Waals surface area contributed by atoms with Crippen molar-refractivity contribution in [3.05, 3.63) is 34.9 Å². The van der Waals surface area contributed by atoms with Gasteiger partial charge in [0.1, 0.15) is 0 Å². The van der Waals surface area contributed by atoms with Crippen molar-refractivity contribution >= 4 is 17.5 Å². The van der Waals surface area contributed by atoms with Gasteiger partial charge in [-0.2, -0.15) is 0 Å². The lowest BCUT2D eigenvalue weighted by molar-refractivity contribution is -0.183. The molecule has 1 aromatic carbocycles. The number of nitrogens with one attached hydrogen (secondary N) is 1. The minimum absolute atomic E-state index is 0.0813. The smallest absolute Gasteiger partial charge is 0.223 e. The molecule has 120 valence electrons. The molecular formula is C17H22ClNO3. The number of hydrogen-bond acceptors (Lipinski definition) is 3. The van der Waals surface area contributed by atoms with E-state index < -0.39 is 5.79 Å². The molecule has 1 spiro atoms. The van der Waals surface area contributed by atoms with Crippen LogP contribution in [0, 0.1) is 5.92 Å². The largest absolute Gasteiger partial charge is 0.356 e. The lowest BCUT2D eigenvalue weighted by Gasteiger charge is -2.34. The first-order valence-corrected chi connectivity index (χ1v) is 8.35. The molecule has 1 aliphatic carbocycles. The molecule has 5 heteroatoms. The molecule has 1 heterocycles. The number of carbonyl (C=O) groups is 1. The summed E-state index contributed by atoms with van der Waals surface area (Å²) < 4.78 is 11.4. The third-order valence-electron chi connectivity index (χ3n) is 4.53. The van der Waals surface area contributed by atoms with E-state index in [1.54, 1.807) is 0 Å². The summed E-state index contributed by atoms with van der Waals surface area (Å²) in [5.74, 6) is -0.162. The van der Waals surface area contributed by atoms with Crippen molar-refractivity contribution in [2.45, 2.75) is 37.9 Å². The number of carbonyl (C=O) groups excluding carboxylic acids is 1. The fraction of sp³-hybridized carbons (Fsp3) is 0.588. The second-order valence-corrected chi connectivity index (χ2v) is 6.49. The van der Waals surface area contributed by atoms with Gasteiger partial charge in [-0.25, -0.2) is 0 Å². The van der Waals surface area contributed by atoms with Gasteiger partial charge in [0.25, 0.3) is 0 Å². The van der Waals surface area contributed by atoms with Crippen LogP contribution in [0.3, 0.4) is 0 Å². The van der Waals surface area contributed by atoms with Crippen LogP contribution in [0.25, 0.3) is 0 Å². The van der Waals surface area contributed by atoms with E-state index in [1.807, 2.05) is 24.3 Å². The van der Waals surface area contributed by atoms with Crippen molar-refractivity contribution in [1.82, 2.24) is 5.32 Å². The Bertz CT molecular complexity index is 518. The second-order valence-electron chi connectivity index (χ2n) is 6.05. The molecule has 1 aromatic rings. The lowest BCUT2D eigenvalue weighted by atomic mass is 9.84. The van der Waals surface area contributed by atoms with Gasteiger partial charge in [-0.1, -0.05) is 23.7 Å². The summed E-state index contributed by atoms with van der Waals surface area (Å²) in [6.07, 6.45) is 4.11. The SMILES string of the molecule is O=C(NCCc1cccc(Cl)c1)C1CCC2(CC1)OCCO2. The zero-order chi connectivity index (χ0) is 15.4. The van der Waals surface area contributed by atoms with Gasteiger partial charge in [0.2, 0.25) is 5.91 Å². The van der Waals surface area contributed by atoms with Crippen molar-refractivity contribution in [1.29, 1.82) is 0 Å². The number of benzene rings is 1. The Hall–Kier alpha value is -1.10. The molecule has 1 amide bonds. The van der Waals surface area contributed by atoms with Gasteiger partial charge in [0.15, 0.2) is 5.79 Å². The Morgan fingerprint density at radius 2 is 2.00 bits per heavy atom. The van der Waals surface area contributed by atoms with Gasteiger partial charge in [-0.05, 0) is 37.0 Å². The van der Waals surface area contributed by atoms with E-state index in [0.717, 1.165) is 42.7 Å². The van der Waals surface area contributed by atoms with Crippen molar-refractivity contribution in [2.24, 2.45) is 5.92 Å². The lowest BCUT2D eigenvalue weighted by Crippen LogP contribution is -2.40. The van der Waals surface area contributed by atoms with Gasteiger partial charge < -0.3 is 14.8 Å². The summed E-state index contributed by atoms with van der Waals surface area (Å²) in [7, 11) is 0. The summed E-state index contributed by atoms with van der Waals surface area (Å²) in [6.45, 7) is 2.00. The van der Waals surface area contributed by atoms with E-state index in [2.05, 4.69) is 5.32 Å². The molecule has 2 aliphatic rings. The maximum Gasteiger partial charge on any atom is 0.223 e. The Labute approximate surface area is 136 Å². The van der Waals surface area contributed by atoms with Crippen molar-refractivity contribution < 1.29 is 14.3 Å². The molecule has 0 radical (unpaired) electrons. The van der Waals surface area contributed by atoms with E-state index in [0.29, 0.717) is 19.8 Å². The molecule has 0 bridgehead atoms. The van der Waals surface area contributed by atoms with Crippen LogP contribution in [-0.4, -0.2) is 31.5 Å². The van der Waals surface area contributed by atoms with Crippen molar-refractivity contribution in [3.63, 3.8) is 0 Å². The van der Waals surface area contributed by atoms with Crippen LogP contribution in [0.15, 0.2) is 24.3 Å². The number of amides is 1. The fourth-order valence-electron chi connectivity index (χ4n) is 3.27. The first kappa shape index (κ1) is 15.8. The number of halogens is 1. The third kappa shape index (κ3) is 3.80. The highest BCUT2D eigenvalue weighted by molar-refractivity contribution is 6.30. The van der Waals surface area contributed by atoms with Crippen LogP contribution in [0.2, 0.25) is 5.02 Å². The highest BCUT2D eigenvalue weighted by Crippen LogP contribution is 2.38. The summed E-state index contributed by atoms with van der Waals surface area (Å²) >= 11 is 5.96. The first-order chi connectivity index (χ1) is 10.7. The van der Waals surface area contributed by atoms with E-state index >= 15 is 0 Å².